The highest BCUT2D eigenvalue weighted by Crippen LogP contribution is 2.47. The molecule has 3 heterocycles. The van der Waals surface area contributed by atoms with Crippen LogP contribution >= 0.6 is 0 Å². The third kappa shape index (κ3) is 7.59. The fourth-order valence-corrected chi connectivity index (χ4v) is 11.1. The Morgan fingerprint density at radius 2 is 0.769 bits per heavy atom. The molecule has 0 aliphatic carbocycles. The number of nitrogens with zero attached hydrogens (tertiary/aromatic N) is 9. The van der Waals surface area contributed by atoms with Crippen molar-refractivity contribution < 1.29 is 0 Å². The van der Waals surface area contributed by atoms with Crippen molar-refractivity contribution in [2.75, 3.05) is 0 Å². The van der Waals surface area contributed by atoms with Gasteiger partial charge in [0.25, 0.3) is 0 Å². The van der Waals surface area contributed by atoms with E-state index in [9.17, 15) is 26.3 Å². The van der Waals surface area contributed by atoms with Gasteiger partial charge in [0.2, 0.25) is 0 Å². The van der Waals surface area contributed by atoms with Crippen LogP contribution < -0.4 is 0 Å². The van der Waals surface area contributed by atoms with Gasteiger partial charge >= 0.3 is 0 Å². The number of nitriles is 5. The lowest BCUT2D eigenvalue weighted by atomic mass is 9.90. The van der Waals surface area contributed by atoms with Crippen molar-refractivity contribution in [3.05, 3.63) is 252 Å². The fourth-order valence-electron chi connectivity index (χ4n) is 11.1. The minimum absolute atomic E-state index is 0.406. The summed E-state index contributed by atoms with van der Waals surface area (Å²) in [5.41, 5.74) is 15.7. The van der Waals surface area contributed by atoms with Crippen LogP contribution in [0.15, 0.2) is 224 Å². The molecular weight excluding hydrogens is 955 g/mol. The summed E-state index contributed by atoms with van der Waals surface area (Å²) >= 11 is 0. The standard InChI is InChI=1S/C69H37N9/c70-38-43-25-29-52(50(33-43)41-73)47-27-31-63-57(35-47)54-18-7-9-21-61(54)77(63)65-23-11-17-49(40-72)67(65)68-56(60-37-59(45-13-3-1-4-14-45)75-69(76-60)46-15-5-2-6-16-46)20-12-24-66(68)78-62-22-10-8-19-55(62)58-36-48(28-32-64(58)78)53-30-26-44(39-71)34-51(53)42-74/h1-37H. The lowest BCUT2D eigenvalue weighted by Gasteiger charge is -2.22. The van der Waals surface area contributed by atoms with Crippen LogP contribution in [0, 0.1) is 56.7 Å². The van der Waals surface area contributed by atoms with Gasteiger partial charge in [0, 0.05) is 49.4 Å². The van der Waals surface area contributed by atoms with Gasteiger partial charge in [-0.05, 0) is 107 Å². The first kappa shape index (κ1) is 46.1. The van der Waals surface area contributed by atoms with E-state index in [1.165, 1.54) is 0 Å². The van der Waals surface area contributed by atoms with Gasteiger partial charge < -0.3 is 9.13 Å². The number of hydrogen-bond donors (Lipinski definition) is 0. The Bertz CT molecular complexity index is 4800. The zero-order chi connectivity index (χ0) is 52.9. The Labute approximate surface area is 448 Å². The van der Waals surface area contributed by atoms with Crippen molar-refractivity contribution in [1.29, 1.82) is 26.3 Å². The van der Waals surface area contributed by atoms with Crippen molar-refractivity contribution in [2.24, 2.45) is 0 Å². The molecular formula is C69H37N9. The highest BCUT2D eigenvalue weighted by Gasteiger charge is 2.27. The van der Waals surface area contributed by atoms with Crippen molar-refractivity contribution in [2.45, 2.75) is 0 Å². The number of aromatic nitrogens is 4. The molecule has 0 N–H and O–H groups in total. The molecule has 358 valence electrons. The molecule has 78 heavy (non-hydrogen) atoms. The van der Waals surface area contributed by atoms with Crippen LogP contribution in [-0.2, 0) is 0 Å². The molecule has 0 spiro atoms. The minimum atomic E-state index is 0.406. The summed E-state index contributed by atoms with van der Waals surface area (Å²) in [5, 5.41) is 55.3. The first-order valence-corrected chi connectivity index (χ1v) is 25.1. The molecule has 0 fully saturated rings. The van der Waals surface area contributed by atoms with Gasteiger partial charge in [0.1, 0.15) is 0 Å². The van der Waals surface area contributed by atoms with Gasteiger partial charge in [-0.3, -0.25) is 0 Å². The highest BCUT2D eigenvalue weighted by atomic mass is 15.0. The molecule has 9 heteroatoms. The van der Waals surface area contributed by atoms with Crippen molar-refractivity contribution in [1.82, 2.24) is 19.1 Å². The lowest BCUT2D eigenvalue weighted by molar-refractivity contribution is 1.15. The van der Waals surface area contributed by atoms with Crippen LogP contribution in [0.2, 0.25) is 0 Å². The van der Waals surface area contributed by atoms with Gasteiger partial charge in [-0.1, -0.05) is 140 Å². The van der Waals surface area contributed by atoms with E-state index in [2.05, 4.69) is 106 Å². The summed E-state index contributed by atoms with van der Waals surface area (Å²) in [6.07, 6.45) is 0. The maximum absolute atomic E-state index is 11.5. The van der Waals surface area contributed by atoms with E-state index < -0.39 is 0 Å². The summed E-state index contributed by atoms with van der Waals surface area (Å²) in [4.78, 5) is 10.6. The van der Waals surface area contributed by atoms with E-state index in [0.717, 1.165) is 105 Å². The number of para-hydroxylation sites is 2. The van der Waals surface area contributed by atoms with Gasteiger partial charge in [0.05, 0.1) is 103 Å². The van der Waals surface area contributed by atoms with E-state index in [1.807, 2.05) is 133 Å². The molecule has 0 radical (unpaired) electrons. The number of rotatable bonds is 8. The Morgan fingerprint density at radius 3 is 1.31 bits per heavy atom. The molecule has 9 nitrogen and oxygen atoms in total. The van der Waals surface area contributed by atoms with Crippen LogP contribution in [-0.4, -0.2) is 19.1 Å². The van der Waals surface area contributed by atoms with Crippen molar-refractivity contribution >= 4 is 43.6 Å². The number of fused-ring (bicyclic) bond motifs is 6. The molecule has 3 aromatic heterocycles. The number of benzene rings is 10. The average Bonchev–Trinajstić information content (AvgIpc) is 4.24. The third-order valence-electron chi connectivity index (χ3n) is 14.5. The molecule has 0 amide bonds. The van der Waals surface area contributed by atoms with Gasteiger partial charge in [-0.2, -0.15) is 26.3 Å². The molecule has 10 aromatic carbocycles. The second kappa shape index (κ2) is 19.0. The van der Waals surface area contributed by atoms with Crippen LogP contribution in [0.5, 0.6) is 0 Å². The highest BCUT2D eigenvalue weighted by molar-refractivity contribution is 6.14. The van der Waals surface area contributed by atoms with Crippen LogP contribution in [0.4, 0.5) is 0 Å². The maximum atomic E-state index is 11.5. The van der Waals surface area contributed by atoms with Gasteiger partial charge in [-0.25, -0.2) is 9.97 Å². The molecule has 0 aliphatic heterocycles. The molecule has 13 aromatic rings. The summed E-state index contributed by atoms with van der Waals surface area (Å²) in [6, 6.07) is 84.9. The first-order chi connectivity index (χ1) is 38.5. The molecule has 0 unspecified atom stereocenters. The topological polar surface area (TPSA) is 155 Å². The maximum Gasteiger partial charge on any atom is 0.160 e. The van der Waals surface area contributed by atoms with Crippen molar-refractivity contribution in [3.8, 4) is 109 Å². The van der Waals surface area contributed by atoms with Gasteiger partial charge in [0.15, 0.2) is 5.82 Å². The summed E-state index contributed by atoms with van der Waals surface area (Å²) in [7, 11) is 0. The third-order valence-corrected chi connectivity index (χ3v) is 14.5. The molecule has 0 saturated carbocycles. The Hall–Kier alpha value is -11.7. The normalized spacial score (nSPS) is 11.0. The monoisotopic (exact) mass is 991 g/mol. The minimum Gasteiger partial charge on any atom is -0.309 e. The van der Waals surface area contributed by atoms with Crippen molar-refractivity contribution in [3.63, 3.8) is 0 Å². The zero-order valence-electron chi connectivity index (χ0n) is 41.4. The summed E-state index contributed by atoms with van der Waals surface area (Å²) in [5.74, 6) is 0.543. The summed E-state index contributed by atoms with van der Waals surface area (Å²) in [6.45, 7) is 0. The predicted octanol–water partition coefficient (Wildman–Crippen LogP) is 16.0. The fraction of sp³-hybridized carbons (Fsp3) is 0. The van der Waals surface area contributed by atoms with Crippen LogP contribution in [0.3, 0.4) is 0 Å². The van der Waals surface area contributed by atoms with E-state index in [-0.39, 0.29) is 0 Å². The zero-order valence-corrected chi connectivity index (χ0v) is 41.4. The molecule has 0 saturated heterocycles. The largest absolute Gasteiger partial charge is 0.309 e. The van der Waals surface area contributed by atoms with E-state index in [4.69, 9.17) is 9.97 Å². The molecule has 0 bridgehead atoms. The predicted molar refractivity (Wildman–Crippen MR) is 307 cm³/mol. The number of hydrogen-bond acceptors (Lipinski definition) is 7. The molecule has 0 atom stereocenters. The molecule has 0 aliphatic rings. The SMILES string of the molecule is N#Cc1ccc(-c2ccc3c(c2)c2ccccc2n3-c2cccc(C#N)c2-c2c(-c3cc(-c4ccccc4)nc(-c4ccccc4)n3)cccc2-n2c3ccccc3c3cc(-c4ccc(C#N)cc4C#N)ccc32)c(C#N)c1. The summed E-state index contributed by atoms with van der Waals surface area (Å²) < 4.78 is 4.48. The first-order valence-electron chi connectivity index (χ1n) is 25.1. The van der Waals surface area contributed by atoms with E-state index in [0.29, 0.717) is 44.9 Å². The quantitative estimate of drug-likeness (QED) is 0.147. The Kier molecular flexibility index (Phi) is 11.2. The van der Waals surface area contributed by atoms with Gasteiger partial charge in [-0.15, -0.1) is 0 Å². The van der Waals surface area contributed by atoms with E-state index in [1.54, 1.807) is 24.3 Å². The smallest absolute Gasteiger partial charge is 0.160 e. The average molecular weight is 992 g/mol. The van der Waals surface area contributed by atoms with Crippen LogP contribution in [0.25, 0.3) is 122 Å². The lowest BCUT2D eigenvalue weighted by Crippen LogP contribution is -2.05. The van der Waals surface area contributed by atoms with Crippen LogP contribution in [0.1, 0.15) is 27.8 Å². The molecule has 13 rings (SSSR count). The van der Waals surface area contributed by atoms with E-state index >= 15 is 0 Å². The Morgan fingerprint density at radius 1 is 0.295 bits per heavy atom. The second-order valence-corrected chi connectivity index (χ2v) is 18.8. The second-order valence-electron chi connectivity index (χ2n) is 18.8. The Balaban J connectivity index is 1.14.